The highest BCUT2D eigenvalue weighted by molar-refractivity contribution is 8.01. The van der Waals surface area contributed by atoms with E-state index in [1.165, 1.54) is 12.1 Å². The summed E-state index contributed by atoms with van der Waals surface area (Å²) >= 11 is 0. The highest BCUT2D eigenvalue weighted by Gasteiger charge is 2.45. The Kier molecular flexibility index (Phi) is 8.81. The van der Waals surface area contributed by atoms with Crippen molar-refractivity contribution in [3.63, 3.8) is 0 Å². The third kappa shape index (κ3) is 5.11. The third-order valence-electron chi connectivity index (χ3n) is 7.45. The fourth-order valence-electron chi connectivity index (χ4n) is 5.54. The second-order valence-electron chi connectivity index (χ2n) is 11.0. The standard InChI is InChI=1S/C34H37O5P/c1-18(2)31(35)27-20(5)16-22(7)29(24(27)9)33(37)40(39,26-14-12-11-13-15-26)34(38)30-23(8)17-21(6)28(25(30)10)32(36)19(3)4/h11-17,19H,1H2,2-10H3. The minimum absolute atomic E-state index is 0.0941. The molecule has 0 N–H and O–H groups in total. The Balaban J connectivity index is 2.41. The first-order chi connectivity index (χ1) is 18.6. The van der Waals surface area contributed by atoms with Crippen LogP contribution < -0.4 is 5.30 Å². The van der Waals surface area contributed by atoms with Crippen molar-refractivity contribution < 1.29 is 23.7 Å². The van der Waals surface area contributed by atoms with E-state index >= 15 is 4.57 Å². The number of hydrogen-bond donors (Lipinski definition) is 0. The number of carbonyl (C=O) groups is 4. The zero-order valence-corrected chi connectivity index (χ0v) is 25.7. The van der Waals surface area contributed by atoms with Crippen molar-refractivity contribution in [1.29, 1.82) is 0 Å². The Hall–Kier alpha value is -3.69. The maximum atomic E-state index is 15.1. The van der Waals surface area contributed by atoms with Crippen LogP contribution in [0, 0.1) is 47.5 Å². The lowest BCUT2D eigenvalue weighted by atomic mass is 9.88. The molecule has 0 aromatic heterocycles. The molecule has 1 unspecified atom stereocenters. The predicted octanol–water partition coefficient (Wildman–Crippen LogP) is 7.80. The first kappa shape index (κ1) is 30.8. The molecule has 0 aliphatic heterocycles. The number of benzene rings is 3. The molecule has 0 heterocycles. The van der Waals surface area contributed by atoms with Gasteiger partial charge in [-0.3, -0.25) is 19.2 Å². The first-order valence-corrected chi connectivity index (χ1v) is 15.0. The number of aryl methyl sites for hydroxylation is 4. The molecule has 0 spiro atoms. The summed E-state index contributed by atoms with van der Waals surface area (Å²) in [4.78, 5) is 55.2. The molecular weight excluding hydrogens is 519 g/mol. The second-order valence-corrected chi connectivity index (χ2v) is 13.5. The van der Waals surface area contributed by atoms with Crippen LogP contribution in [0.25, 0.3) is 0 Å². The number of Topliss-reactive ketones (excluding diaryl/α,β-unsaturated/α-hetero) is 2. The van der Waals surface area contributed by atoms with Crippen molar-refractivity contribution in [2.45, 2.75) is 62.3 Å². The molecule has 0 saturated heterocycles. The zero-order valence-electron chi connectivity index (χ0n) is 24.8. The summed E-state index contributed by atoms with van der Waals surface area (Å²) in [6.07, 6.45) is 0. The van der Waals surface area contributed by atoms with Crippen LogP contribution in [-0.4, -0.2) is 22.6 Å². The number of carbonyl (C=O) groups excluding carboxylic acids is 4. The lowest BCUT2D eigenvalue weighted by molar-refractivity contribution is 0.0937. The Morgan fingerprint density at radius 3 is 1.50 bits per heavy atom. The highest BCUT2D eigenvalue weighted by Crippen LogP contribution is 2.53. The molecule has 5 nitrogen and oxygen atoms in total. The molecule has 0 bridgehead atoms. The molecule has 3 rings (SSSR count). The summed E-state index contributed by atoms with van der Waals surface area (Å²) in [7, 11) is -4.51. The molecule has 1 atom stereocenters. The van der Waals surface area contributed by atoms with E-state index in [1.54, 1.807) is 85.7 Å². The molecule has 40 heavy (non-hydrogen) atoms. The van der Waals surface area contributed by atoms with Crippen LogP contribution >= 0.6 is 7.14 Å². The molecule has 3 aromatic carbocycles. The van der Waals surface area contributed by atoms with Crippen molar-refractivity contribution in [1.82, 2.24) is 0 Å². The monoisotopic (exact) mass is 556 g/mol. The summed E-state index contributed by atoms with van der Waals surface area (Å²) in [6.45, 7) is 19.3. The molecule has 0 saturated carbocycles. The zero-order chi connectivity index (χ0) is 30.3. The number of ketones is 2. The van der Waals surface area contributed by atoms with Crippen molar-refractivity contribution in [3.05, 3.63) is 110 Å². The summed E-state index contributed by atoms with van der Waals surface area (Å²) in [5, 5.41) is 0.105. The number of rotatable bonds is 9. The summed E-state index contributed by atoms with van der Waals surface area (Å²) < 4.78 is 15.1. The van der Waals surface area contributed by atoms with Gasteiger partial charge in [0.2, 0.25) is 18.2 Å². The summed E-state index contributed by atoms with van der Waals surface area (Å²) in [6, 6.07) is 11.5. The van der Waals surface area contributed by atoms with E-state index in [2.05, 4.69) is 6.58 Å². The molecule has 6 heteroatoms. The van der Waals surface area contributed by atoms with Crippen LogP contribution in [-0.2, 0) is 4.57 Å². The van der Waals surface area contributed by atoms with Gasteiger partial charge in [-0.05, 0) is 87.4 Å². The van der Waals surface area contributed by atoms with Gasteiger partial charge in [0.05, 0.1) is 0 Å². The van der Waals surface area contributed by atoms with E-state index < -0.39 is 18.2 Å². The maximum absolute atomic E-state index is 15.1. The normalized spacial score (nSPS) is 12.7. The van der Waals surface area contributed by atoms with Gasteiger partial charge in [0.25, 0.3) is 0 Å². The minimum Gasteiger partial charge on any atom is -0.302 e. The van der Waals surface area contributed by atoms with E-state index in [0.29, 0.717) is 44.5 Å². The Morgan fingerprint density at radius 1 is 0.675 bits per heavy atom. The van der Waals surface area contributed by atoms with Gasteiger partial charge < -0.3 is 4.57 Å². The smallest absolute Gasteiger partial charge is 0.248 e. The molecular formula is C34H37O5P. The maximum Gasteiger partial charge on any atom is 0.248 e. The molecule has 3 aromatic rings. The fraction of sp³-hybridized carbons (Fsp3) is 0.294. The van der Waals surface area contributed by atoms with E-state index in [4.69, 9.17) is 0 Å². The van der Waals surface area contributed by atoms with E-state index in [-0.39, 0.29) is 33.9 Å². The first-order valence-electron chi connectivity index (χ1n) is 13.3. The topological polar surface area (TPSA) is 85.3 Å². The lowest BCUT2D eigenvalue weighted by Crippen LogP contribution is -2.24. The van der Waals surface area contributed by atoms with Crippen LogP contribution in [0.3, 0.4) is 0 Å². The van der Waals surface area contributed by atoms with Crippen molar-refractivity contribution in [2.75, 3.05) is 0 Å². The van der Waals surface area contributed by atoms with Gasteiger partial charge in [-0.25, -0.2) is 0 Å². The van der Waals surface area contributed by atoms with Gasteiger partial charge in [-0.15, -0.1) is 0 Å². The number of hydrogen-bond acceptors (Lipinski definition) is 5. The molecule has 0 aliphatic rings. The molecule has 208 valence electrons. The number of allylic oxidation sites excluding steroid dienone is 1. The molecule has 0 fully saturated rings. The largest absolute Gasteiger partial charge is 0.302 e. The third-order valence-corrected chi connectivity index (χ3v) is 10.1. The average molecular weight is 557 g/mol. The van der Waals surface area contributed by atoms with Crippen LogP contribution in [0.1, 0.15) is 95.6 Å². The van der Waals surface area contributed by atoms with Crippen LogP contribution in [0.2, 0.25) is 0 Å². The van der Waals surface area contributed by atoms with Crippen molar-refractivity contribution in [3.8, 4) is 0 Å². The Morgan fingerprint density at radius 2 is 1.07 bits per heavy atom. The quantitative estimate of drug-likeness (QED) is 0.152. The van der Waals surface area contributed by atoms with Gasteiger partial charge >= 0.3 is 0 Å². The van der Waals surface area contributed by atoms with Gasteiger partial charge in [-0.1, -0.05) is 62.9 Å². The van der Waals surface area contributed by atoms with E-state index in [0.717, 1.165) is 5.56 Å². The molecule has 0 radical (unpaired) electrons. The van der Waals surface area contributed by atoms with Crippen LogP contribution in [0.15, 0.2) is 54.6 Å². The van der Waals surface area contributed by atoms with E-state index in [9.17, 15) is 19.2 Å². The lowest BCUT2D eigenvalue weighted by Gasteiger charge is -2.23. The summed E-state index contributed by atoms with van der Waals surface area (Å²) in [5.74, 6) is -0.752. The van der Waals surface area contributed by atoms with Gasteiger partial charge in [0.15, 0.2) is 11.6 Å². The average Bonchev–Trinajstić information content (AvgIpc) is 2.87. The summed E-state index contributed by atoms with van der Waals surface area (Å²) in [5.41, 5.74) is 2.85. The Labute approximate surface area is 237 Å². The van der Waals surface area contributed by atoms with Crippen LogP contribution in [0.4, 0.5) is 0 Å². The fourth-order valence-corrected chi connectivity index (χ4v) is 8.10. The van der Waals surface area contributed by atoms with Gasteiger partial charge in [0, 0.05) is 33.5 Å². The molecule has 0 amide bonds. The molecule has 0 aliphatic carbocycles. The van der Waals surface area contributed by atoms with Crippen LogP contribution in [0.5, 0.6) is 0 Å². The minimum atomic E-state index is -4.51. The van der Waals surface area contributed by atoms with Crippen molar-refractivity contribution in [2.24, 2.45) is 5.92 Å². The highest BCUT2D eigenvalue weighted by atomic mass is 31.2. The van der Waals surface area contributed by atoms with Gasteiger partial charge in [-0.2, -0.15) is 0 Å². The SMILES string of the molecule is C=C(C)C(=O)c1c(C)cc(C)c(C(=O)P(=O)(C(=O)c2c(C)cc(C)c(C(=O)C(C)C)c2C)c2ccccc2)c1C. The Bertz CT molecular complexity index is 1640. The predicted molar refractivity (Wildman–Crippen MR) is 162 cm³/mol. The second kappa shape index (κ2) is 11.4. The van der Waals surface area contributed by atoms with E-state index in [1.807, 2.05) is 6.92 Å². The van der Waals surface area contributed by atoms with Gasteiger partial charge in [0.1, 0.15) is 0 Å². The van der Waals surface area contributed by atoms with Crippen molar-refractivity contribution >= 4 is 35.1 Å².